The predicted molar refractivity (Wildman–Crippen MR) is 95.4 cm³/mol. The van der Waals surface area contributed by atoms with Crippen molar-refractivity contribution in [1.82, 2.24) is 10.6 Å². The number of halogens is 4. The van der Waals surface area contributed by atoms with Crippen molar-refractivity contribution in [2.24, 2.45) is 0 Å². The molecule has 0 saturated carbocycles. The fourth-order valence-electron chi connectivity index (χ4n) is 1.43. The first-order valence-corrected chi connectivity index (χ1v) is 7.95. The number of carbonyl (C=O) groups is 1. The molecule has 1 rings (SSSR count). The van der Waals surface area contributed by atoms with Crippen LogP contribution in [0.3, 0.4) is 0 Å². The van der Waals surface area contributed by atoms with Crippen molar-refractivity contribution in [3.05, 3.63) is 34.4 Å². The zero-order valence-corrected chi connectivity index (χ0v) is 15.0. The van der Waals surface area contributed by atoms with Crippen molar-refractivity contribution < 1.29 is 9.72 Å². The van der Waals surface area contributed by atoms with E-state index in [1.807, 2.05) is 0 Å². The van der Waals surface area contributed by atoms with Crippen LogP contribution in [0, 0.1) is 10.1 Å². The van der Waals surface area contributed by atoms with Crippen LogP contribution >= 0.6 is 58.6 Å². The predicted octanol–water partition coefficient (Wildman–Crippen LogP) is 2.93. The number of para-hydroxylation sites is 2. The minimum atomic E-state index is -1.93. The Bertz CT molecular complexity index is 611. The summed E-state index contributed by atoms with van der Waals surface area (Å²) in [5, 5.41) is 18.3. The van der Waals surface area contributed by atoms with E-state index >= 15 is 0 Å². The van der Waals surface area contributed by atoms with Crippen molar-refractivity contribution >= 4 is 81.0 Å². The molecule has 1 atom stereocenters. The highest BCUT2D eigenvalue weighted by molar-refractivity contribution is 7.80. The van der Waals surface area contributed by atoms with Gasteiger partial charge in [-0.3, -0.25) is 14.9 Å². The zero-order chi connectivity index (χ0) is 17.6. The number of carbonyl (C=O) groups excluding carboxylic acids is 1. The molecule has 0 spiro atoms. The zero-order valence-electron chi connectivity index (χ0n) is 11.2. The molecule has 126 valence electrons. The van der Waals surface area contributed by atoms with Gasteiger partial charge in [-0.1, -0.05) is 46.9 Å². The standard InChI is InChI=1S/C11H10Cl4N4O3S/c12-5-8(20)17-9(11(13,14)15)18-10(23)16-6-3-1-2-4-7(6)19(21)22/h1-4,9H,5H2,(H,17,20)(H2,16,18,23)/t9-/m0/s1. The lowest BCUT2D eigenvalue weighted by Crippen LogP contribution is -2.56. The van der Waals surface area contributed by atoms with Gasteiger partial charge in [0.1, 0.15) is 17.7 Å². The highest BCUT2D eigenvalue weighted by Crippen LogP contribution is 2.29. The summed E-state index contributed by atoms with van der Waals surface area (Å²) < 4.78 is -1.93. The summed E-state index contributed by atoms with van der Waals surface area (Å²) in [6, 6.07) is 5.84. The van der Waals surface area contributed by atoms with E-state index in [4.69, 9.17) is 58.6 Å². The van der Waals surface area contributed by atoms with Gasteiger partial charge in [-0.05, 0) is 18.3 Å². The highest BCUT2D eigenvalue weighted by atomic mass is 35.6. The molecule has 0 aliphatic heterocycles. The number of nitrogens with zero attached hydrogens (tertiary/aromatic N) is 1. The van der Waals surface area contributed by atoms with Crippen molar-refractivity contribution in [3.8, 4) is 0 Å². The topological polar surface area (TPSA) is 96.3 Å². The molecule has 0 bridgehead atoms. The number of thiocarbonyl (C=S) groups is 1. The van der Waals surface area contributed by atoms with Crippen LogP contribution in [0.2, 0.25) is 0 Å². The lowest BCUT2D eigenvalue weighted by Gasteiger charge is -2.27. The third kappa shape index (κ3) is 6.52. The van der Waals surface area contributed by atoms with E-state index in [1.54, 1.807) is 6.07 Å². The summed E-state index contributed by atoms with van der Waals surface area (Å²) in [5.41, 5.74) is -0.0476. The highest BCUT2D eigenvalue weighted by Gasteiger charge is 2.34. The molecule has 0 aliphatic rings. The van der Waals surface area contributed by atoms with Crippen molar-refractivity contribution in [2.75, 3.05) is 11.2 Å². The monoisotopic (exact) mass is 418 g/mol. The van der Waals surface area contributed by atoms with E-state index in [9.17, 15) is 14.9 Å². The number of hydrogen-bond acceptors (Lipinski definition) is 4. The third-order valence-electron chi connectivity index (χ3n) is 2.38. The number of benzene rings is 1. The molecule has 0 saturated heterocycles. The molecule has 3 N–H and O–H groups in total. The molecule has 1 aromatic carbocycles. The fourth-order valence-corrected chi connectivity index (χ4v) is 2.06. The Morgan fingerprint density at radius 1 is 1.30 bits per heavy atom. The number of alkyl halides is 4. The Kier molecular flexibility index (Phi) is 7.56. The maximum atomic E-state index is 11.3. The van der Waals surface area contributed by atoms with E-state index < -0.39 is 20.8 Å². The fraction of sp³-hybridized carbons (Fsp3) is 0.273. The Labute approximate surface area is 156 Å². The minimum Gasteiger partial charge on any atom is -0.339 e. The summed E-state index contributed by atoms with van der Waals surface area (Å²) in [4.78, 5) is 21.7. The molecule has 0 unspecified atom stereocenters. The van der Waals surface area contributed by atoms with Crippen LogP contribution in [0.5, 0.6) is 0 Å². The molecule has 1 amide bonds. The Morgan fingerprint density at radius 2 is 1.91 bits per heavy atom. The Morgan fingerprint density at radius 3 is 2.43 bits per heavy atom. The van der Waals surface area contributed by atoms with Gasteiger partial charge in [0.05, 0.1) is 4.92 Å². The third-order valence-corrected chi connectivity index (χ3v) is 3.50. The van der Waals surface area contributed by atoms with E-state index in [2.05, 4.69) is 16.0 Å². The number of nitrogens with one attached hydrogen (secondary N) is 3. The van der Waals surface area contributed by atoms with Gasteiger partial charge in [0.15, 0.2) is 5.11 Å². The van der Waals surface area contributed by atoms with Gasteiger partial charge in [0.2, 0.25) is 9.70 Å². The number of nitro benzene ring substituents is 1. The van der Waals surface area contributed by atoms with Gasteiger partial charge in [-0.2, -0.15) is 0 Å². The first kappa shape index (κ1) is 20.0. The summed E-state index contributed by atoms with van der Waals surface area (Å²) in [7, 11) is 0. The molecule has 23 heavy (non-hydrogen) atoms. The van der Waals surface area contributed by atoms with Crippen LogP contribution in [0.4, 0.5) is 11.4 Å². The van der Waals surface area contributed by atoms with Gasteiger partial charge in [-0.15, -0.1) is 11.6 Å². The Hall–Kier alpha value is -1.06. The molecule has 12 heteroatoms. The molecule has 0 aromatic heterocycles. The molecule has 0 aliphatic carbocycles. The van der Waals surface area contributed by atoms with Crippen molar-refractivity contribution in [1.29, 1.82) is 0 Å². The number of amides is 1. The average molecular weight is 420 g/mol. The normalized spacial score (nSPS) is 12.2. The molecule has 0 fully saturated rings. The molecule has 1 aromatic rings. The number of rotatable bonds is 5. The minimum absolute atomic E-state index is 0.0921. The summed E-state index contributed by atoms with van der Waals surface area (Å²) in [5.74, 6) is -0.938. The number of anilines is 1. The van der Waals surface area contributed by atoms with Crippen molar-refractivity contribution in [2.45, 2.75) is 9.96 Å². The SMILES string of the molecule is O=C(CCl)N[C@@H](NC(=S)Nc1ccccc1[N+](=O)[O-])C(Cl)(Cl)Cl. The number of hydrogen-bond donors (Lipinski definition) is 3. The lowest BCUT2D eigenvalue weighted by atomic mass is 10.3. The van der Waals surface area contributed by atoms with E-state index in [0.717, 1.165) is 0 Å². The second kappa shape index (κ2) is 8.70. The lowest BCUT2D eigenvalue weighted by molar-refractivity contribution is -0.383. The first-order chi connectivity index (χ1) is 10.6. The van der Waals surface area contributed by atoms with E-state index in [1.165, 1.54) is 18.2 Å². The van der Waals surface area contributed by atoms with Gasteiger partial charge < -0.3 is 16.0 Å². The maximum absolute atomic E-state index is 11.3. The first-order valence-electron chi connectivity index (χ1n) is 5.88. The van der Waals surface area contributed by atoms with Crippen LogP contribution in [-0.2, 0) is 4.79 Å². The molecule has 0 heterocycles. The second-order valence-corrected chi connectivity index (χ2v) is 7.09. The quantitative estimate of drug-likeness (QED) is 0.223. The van der Waals surface area contributed by atoms with Gasteiger partial charge in [0.25, 0.3) is 5.69 Å². The largest absolute Gasteiger partial charge is 0.339 e. The van der Waals surface area contributed by atoms with E-state index in [-0.39, 0.29) is 22.4 Å². The molecule has 0 radical (unpaired) electrons. The Balaban J connectivity index is 2.84. The summed E-state index contributed by atoms with van der Waals surface area (Å²) in [6.45, 7) is 0. The van der Waals surface area contributed by atoms with Crippen LogP contribution in [-0.4, -0.2) is 31.8 Å². The van der Waals surface area contributed by atoms with Gasteiger partial charge in [0, 0.05) is 6.07 Å². The molecular formula is C11H10Cl4N4O3S. The molecule has 7 nitrogen and oxygen atoms in total. The average Bonchev–Trinajstić information content (AvgIpc) is 2.45. The van der Waals surface area contributed by atoms with Gasteiger partial charge >= 0.3 is 0 Å². The van der Waals surface area contributed by atoms with Crippen molar-refractivity contribution in [3.63, 3.8) is 0 Å². The van der Waals surface area contributed by atoms with Crippen LogP contribution in [0.1, 0.15) is 0 Å². The van der Waals surface area contributed by atoms with E-state index in [0.29, 0.717) is 0 Å². The maximum Gasteiger partial charge on any atom is 0.292 e. The number of nitro groups is 1. The van der Waals surface area contributed by atoms with Crippen LogP contribution in [0.25, 0.3) is 0 Å². The summed E-state index contributed by atoms with van der Waals surface area (Å²) >= 11 is 27.6. The van der Waals surface area contributed by atoms with Crippen LogP contribution in [0.15, 0.2) is 24.3 Å². The molecular weight excluding hydrogens is 410 g/mol. The second-order valence-electron chi connectivity index (χ2n) is 4.05. The smallest absolute Gasteiger partial charge is 0.292 e. The van der Waals surface area contributed by atoms with Crippen LogP contribution < -0.4 is 16.0 Å². The van der Waals surface area contributed by atoms with Gasteiger partial charge in [-0.25, -0.2) is 0 Å². The summed E-state index contributed by atoms with van der Waals surface area (Å²) in [6.07, 6.45) is -1.19.